The van der Waals surface area contributed by atoms with E-state index in [9.17, 15) is 15.3 Å². The number of rotatable bonds is 21. The van der Waals surface area contributed by atoms with Crippen LogP contribution in [-0.2, 0) is 14.2 Å². The van der Waals surface area contributed by atoms with Gasteiger partial charge in [-0.15, -0.1) is 0 Å². The van der Waals surface area contributed by atoms with Gasteiger partial charge in [0.25, 0.3) is 0 Å². The molecule has 1 saturated heterocycles. The van der Waals surface area contributed by atoms with Gasteiger partial charge in [0.2, 0.25) is 0 Å². The number of ether oxygens (including phenoxy) is 3. The minimum absolute atomic E-state index is 0.0642. The summed E-state index contributed by atoms with van der Waals surface area (Å²) in [4.78, 5) is 0. The molecule has 0 unspecified atom stereocenters. The van der Waals surface area contributed by atoms with Crippen molar-refractivity contribution in [3.8, 4) is 0 Å². The molecule has 0 aliphatic carbocycles. The molecular weight excluding hydrogens is 400 g/mol. The fraction of sp³-hybridized carbons (Fsp3) is 1.00. The molecule has 0 saturated carbocycles. The molecule has 0 aromatic heterocycles. The molecule has 0 aromatic rings. The van der Waals surface area contributed by atoms with Crippen LogP contribution in [0.3, 0.4) is 0 Å². The van der Waals surface area contributed by atoms with Crippen LogP contribution in [0.5, 0.6) is 0 Å². The molecule has 186 valence electrons. The molecule has 5 atom stereocenters. The summed E-state index contributed by atoms with van der Waals surface area (Å²) in [5.74, 6) is 0. The van der Waals surface area contributed by atoms with E-state index in [0.29, 0.717) is 6.61 Å². The van der Waals surface area contributed by atoms with Crippen LogP contribution < -0.4 is 0 Å². The second-order valence-electron chi connectivity index (χ2n) is 8.86. The van der Waals surface area contributed by atoms with Crippen molar-refractivity contribution >= 4 is 0 Å². The van der Waals surface area contributed by atoms with Gasteiger partial charge in [-0.05, 0) is 6.42 Å². The lowest BCUT2D eigenvalue weighted by Gasteiger charge is -2.18. The predicted molar refractivity (Wildman–Crippen MR) is 121 cm³/mol. The maximum Gasteiger partial charge on any atom is 0.186 e. The van der Waals surface area contributed by atoms with Crippen LogP contribution in [-0.4, -0.2) is 77.6 Å². The maximum absolute atomic E-state index is 9.90. The van der Waals surface area contributed by atoms with Gasteiger partial charge < -0.3 is 34.6 Å². The summed E-state index contributed by atoms with van der Waals surface area (Å²) in [5, 5.41) is 38.4. The van der Waals surface area contributed by atoms with E-state index in [2.05, 4.69) is 6.92 Å². The lowest BCUT2D eigenvalue weighted by atomic mass is 10.0. The molecule has 1 heterocycles. The van der Waals surface area contributed by atoms with Crippen molar-refractivity contribution < 1.29 is 34.6 Å². The molecular formula is C24H48O7. The van der Waals surface area contributed by atoms with Crippen LogP contribution in [0.2, 0.25) is 0 Å². The first kappa shape index (κ1) is 28.8. The van der Waals surface area contributed by atoms with Gasteiger partial charge in [0.15, 0.2) is 6.29 Å². The number of aliphatic hydroxyl groups excluding tert-OH is 4. The predicted octanol–water partition coefficient (Wildman–Crippen LogP) is 3.30. The Morgan fingerprint density at radius 2 is 1.26 bits per heavy atom. The Kier molecular flexibility index (Phi) is 17.8. The number of unbranched alkanes of at least 4 members (excludes halogenated alkanes) is 13. The summed E-state index contributed by atoms with van der Waals surface area (Å²) in [6, 6.07) is 0. The van der Waals surface area contributed by atoms with Crippen LogP contribution in [0.25, 0.3) is 0 Å². The molecule has 1 fully saturated rings. The van der Waals surface area contributed by atoms with E-state index < -0.39 is 37.3 Å². The summed E-state index contributed by atoms with van der Waals surface area (Å²) in [7, 11) is 0. The zero-order valence-electron chi connectivity index (χ0n) is 19.6. The lowest BCUT2D eigenvalue weighted by molar-refractivity contribution is -0.184. The normalized spacial score (nSPS) is 24.7. The SMILES string of the molecule is CCCCCCCCCCCCCCCCOC[C@@H](O)CO[C@@H]1O[C@H](CO)[C@H](O)[C@@H]1O. The van der Waals surface area contributed by atoms with Crippen molar-refractivity contribution in [2.24, 2.45) is 0 Å². The molecule has 7 heteroatoms. The number of aliphatic hydroxyl groups is 4. The first-order chi connectivity index (χ1) is 15.1. The van der Waals surface area contributed by atoms with E-state index in [0.717, 1.165) is 12.8 Å². The van der Waals surface area contributed by atoms with Gasteiger partial charge in [-0.1, -0.05) is 90.4 Å². The van der Waals surface area contributed by atoms with Gasteiger partial charge in [0.05, 0.1) is 19.8 Å². The van der Waals surface area contributed by atoms with Crippen LogP contribution in [0.1, 0.15) is 96.8 Å². The van der Waals surface area contributed by atoms with Crippen molar-refractivity contribution in [1.29, 1.82) is 0 Å². The fourth-order valence-electron chi connectivity index (χ4n) is 3.88. The molecule has 1 rings (SSSR count). The van der Waals surface area contributed by atoms with E-state index in [1.165, 1.54) is 77.0 Å². The average molecular weight is 449 g/mol. The van der Waals surface area contributed by atoms with Gasteiger partial charge in [-0.25, -0.2) is 0 Å². The second-order valence-corrected chi connectivity index (χ2v) is 8.86. The minimum Gasteiger partial charge on any atom is -0.394 e. The molecule has 1 aliphatic heterocycles. The summed E-state index contributed by atoms with van der Waals surface area (Å²) >= 11 is 0. The van der Waals surface area contributed by atoms with E-state index in [4.69, 9.17) is 19.3 Å². The van der Waals surface area contributed by atoms with E-state index in [-0.39, 0.29) is 13.2 Å². The third-order valence-electron chi connectivity index (χ3n) is 5.90. The van der Waals surface area contributed by atoms with Gasteiger partial charge in [-0.3, -0.25) is 0 Å². The first-order valence-corrected chi connectivity index (χ1v) is 12.6. The molecule has 31 heavy (non-hydrogen) atoms. The van der Waals surface area contributed by atoms with E-state index in [1.54, 1.807) is 0 Å². The lowest BCUT2D eigenvalue weighted by Crippen LogP contribution is -2.36. The van der Waals surface area contributed by atoms with Crippen molar-refractivity contribution in [2.75, 3.05) is 26.4 Å². The van der Waals surface area contributed by atoms with Crippen LogP contribution >= 0.6 is 0 Å². The zero-order valence-corrected chi connectivity index (χ0v) is 19.6. The Morgan fingerprint density at radius 3 is 1.74 bits per heavy atom. The van der Waals surface area contributed by atoms with E-state index >= 15 is 0 Å². The topological polar surface area (TPSA) is 109 Å². The summed E-state index contributed by atoms with van der Waals surface area (Å²) < 4.78 is 16.0. The Labute approximate surface area is 189 Å². The number of hydrogen-bond acceptors (Lipinski definition) is 7. The fourth-order valence-corrected chi connectivity index (χ4v) is 3.88. The highest BCUT2D eigenvalue weighted by Gasteiger charge is 2.43. The van der Waals surface area contributed by atoms with Crippen LogP contribution in [0.4, 0.5) is 0 Å². The molecule has 4 N–H and O–H groups in total. The van der Waals surface area contributed by atoms with Crippen molar-refractivity contribution in [3.63, 3.8) is 0 Å². The quantitative estimate of drug-likeness (QED) is 0.200. The van der Waals surface area contributed by atoms with Crippen molar-refractivity contribution in [2.45, 2.75) is 128 Å². The Morgan fingerprint density at radius 1 is 0.742 bits per heavy atom. The second kappa shape index (κ2) is 19.2. The average Bonchev–Trinajstić information content (AvgIpc) is 3.05. The summed E-state index contributed by atoms with van der Waals surface area (Å²) in [6.07, 6.45) is 13.3. The minimum atomic E-state index is -1.24. The highest BCUT2D eigenvalue weighted by atomic mass is 16.7. The monoisotopic (exact) mass is 448 g/mol. The Hall–Kier alpha value is -0.280. The summed E-state index contributed by atoms with van der Waals surface area (Å²) in [5.41, 5.74) is 0. The first-order valence-electron chi connectivity index (χ1n) is 12.6. The van der Waals surface area contributed by atoms with Crippen molar-refractivity contribution in [3.05, 3.63) is 0 Å². The largest absolute Gasteiger partial charge is 0.394 e. The van der Waals surface area contributed by atoms with Gasteiger partial charge in [0, 0.05) is 6.61 Å². The van der Waals surface area contributed by atoms with Gasteiger partial charge in [0.1, 0.15) is 24.4 Å². The molecule has 0 amide bonds. The Balaban J connectivity index is 1.82. The maximum atomic E-state index is 9.90. The highest BCUT2D eigenvalue weighted by molar-refractivity contribution is 4.86. The van der Waals surface area contributed by atoms with Crippen molar-refractivity contribution in [1.82, 2.24) is 0 Å². The van der Waals surface area contributed by atoms with Crippen LogP contribution in [0.15, 0.2) is 0 Å². The molecule has 7 nitrogen and oxygen atoms in total. The molecule has 0 bridgehead atoms. The van der Waals surface area contributed by atoms with E-state index in [1.807, 2.05) is 0 Å². The Bertz CT molecular complexity index is 396. The standard InChI is InChI=1S/C24H48O7/c1-2-3-4-5-6-7-8-9-10-11-12-13-14-15-16-29-18-20(26)19-30-24-23(28)22(27)21(17-25)31-24/h20-28H,2-19H2,1H3/t20-,21-,22+,23+,24-/m1/s1. The molecule has 0 aromatic carbocycles. The molecule has 0 radical (unpaired) electrons. The molecule has 0 spiro atoms. The van der Waals surface area contributed by atoms with Crippen LogP contribution in [0, 0.1) is 0 Å². The highest BCUT2D eigenvalue weighted by Crippen LogP contribution is 2.22. The smallest absolute Gasteiger partial charge is 0.186 e. The summed E-state index contributed by atoms with van der Waals surface area (Å²) in [6.45, 7) is 2.57. The number of hydrogen-bond donors (Lipinski definition) is 4. The van der Waals surface area contributed by atoms with Gasteiger partial charge in [-0.2, -0.15) is 0 Å². The third-order valence-corrected chi connectivity index (χ3v) is 5.90. The molecule has 1 aliphatic rings. The third kappa shape index (κ3) is 13.8. The zero-order chi connectivity index (χ0) is 22.7. The van der Waals surface area contributed by atoms with Gasteiger partial charge >= 0.3 is 0 Å².